The molecule has 20 heavy (non-hydrogen) atoms. The van der Waals surface area contributed by atoms with E-state index in [0.29, 0.717) is 17.9 Å². The molecule has 0 aliphatic carbocycles. The van der Waals surface area contributed by atoms with Crippen molar-refractivity contribution >= 4 is 27.5 Å². The third-order valence-corrected chi connectivity index (χ3v) is 4.06. The number of rotatable bonds is 5. The average molecular weight is 358 g/mol. The summed E-state index contributed by atoms with van der Waals surface area (Å²) in [5.74, 6) is -0.176. The molecule has 0 spiro atoms. The summed E-state index contributed by atoms with van der Waals surface area (Å²) in [4.78, 5) is 0. The van der Waals surface area contributed by atoms with E-state index >= 15 is 0 Å². The summed E-state index contributed by atoms with van der Waals surface area (Å²) in [6, 6.07) is 12.1. The number of aliphatic hydroxyl groups excluding tert-OH is 1. The maximum absolute atomic E-state index is 12.9. The maximum atomic E-state index is 12.9. The summed E-state index contributed by atoms with van der Waals surface area (Å²) in [5, 5.41) is 10.2. The van der Waals surface area contributed by atoms with Gasteiger partial charge in [0.1, 0.15) is 5.82 Å². The monoisotopic (exact) mass is 356 g/mol. The Balaban J connectivity index is 2.07. The second-order valence-corrected chi connectivity index (χ2v) is 6.14. The molecule has 1 N–H and O–H groups in total. The summed E-state index contributed by atoms with van der Waals surface area (Å²) in [6.45, 7) is 0.0732. The smallest absolute Gasteiger partial charge is 0.123 e. The highest BCUT2D eigenvalue weighted by atomic mass is 79.9. The number of hydrogen-bond donors (Lipinski definition) is 1. The van der Waals surface area contributed by atoms with Gasteiger partial charge >= 0.3 is 0 Å². The van der Waals surface area contributed by atoms with E-state index in [9.17, 15) is 9.50 Å². The first-order valence-electron chi connectivity index (χ1n) is 6.37. The van der Waals surface area contributed by atoms with Crippen LogP contribution in [0.15, 0.2) is 46.9 Å². The van der Waals surface area contributed by atoms with Gasteiger partial charge in [0.15, 0.2) is 0 Å². The Bertz CT molecular complexity index is 571. The van der Waals surface area contributed by atoms with E-state index in [-0.39, 0.29) is 18.3 Å². The Morgan fingerprint density at radius 2 is 1.80 bits per heavy atom. The van der Waals surface area contributed by atoms with Gasteiger partial charge in [-0.05, 0) is 54.2 Å². The molecule has 0 saturated heterocycles. The van der Waals surface area contributed by atoms with Crippen molar-refractivity contribution in [3.8, 4) is 0 Å². The zero-order valence-electron chi connectivity index (χ0n) is 10.8. The van der Waals surface area contributed by atoms with Crippen LogP contribution in [0.2, 0.25) is 5.02 Å². The van der Waals surface area contributed by atoms with E-state index in [1.165, 1.54) is 12.1 Å². The van der Waals surface area contributed by atoms with Crippen molar-refractivity contribution in [2.24, 2.45) is 5.92 Å². The molecule has 2 rings (SSSR count). The Labute approximate surface area is 131 Å². The van der Waals surface area contributed by atoms with Gasteiger partial charge in [-0.3, -0.25) is 0 Å². The standard InChI is InChI=1S/C16H15BrClFO/c17-14-4-3-13(16(18)9-14)8-12(10-20)7-11-1-5-15(19)6-2-11/h1-6,9,12,20H,7-8,10H2. The lowest BCUT2D eigenvalue weighted by Crippen LogP contribution is -2.13. The van der Waals surface area contributed by atoms with Crippen molar-refractivity contribution in [2.75, 3.05) is 6.61 Å². The van der Waals surface area contributed by atoms with Gasteiger partial charge in [0.2, 0.25) is 0 Å². The number of aliphatic hydroxyl groups is 1. The van der Waals surface area contributed by atoms with Gasteiger partial charge in [0.25, 0.3) is 0 Å². The highest BCUT2D eigenvalue weighted by molar-refractivity contribution is 9.10. The van der Waals surface area contributed by atoms with Crippen LogP contribution in [0.3, 0.4) is 0 Å². The highest BCUT2D eigenvalue weighted by Crippen LogP contribution is 2.25. The second kappa shape index (κ2) is 7.21. The van der Waals surface area contributed by atoms with Crippen molar-refractivity contribution in [3.05, 3.63) is 68.9 Å². The van der Waals surface area contributed by atoms with Gasteiger partial charge in [-0.15, -0.1) is 0 Å². The minimum absolute atomic E-state index is 0.0686. The summed E-state index contributed by atoms with van der Waals surface area (Å²) in [6.07, 6.45) is 1.39. The van der Waals surface area contributed by atoms with E-state index in [2.05, 4.69) is 15.9 Å². The SMILES string of the molecule is OCC(Cc1ccc(F)cc1)Cc1ccc(Br)cc1Cl. The van der Waals surface area contributed by atoms with Gasteiger partial charge in [-0.25, -0.2) is 4.39 Å². The molecule has 1 unspecified atom stereocenters. The van der Waals surface area contributed by atoms with Crippen LogP contribution < -0.4 is 0 Å². The summed E-state index contributed by atoms with van der Waals surface area (Å²) < 4.78 is 13.8. The Kier molecular flexibility index (Phi) is 5.58. The van der Waals surface area contributed by atoms with Crippen LogP contribution in [0.1, 0.15) is 11.1 Å². The van der Waals surface area contributed by atoms with E-state index < -0.39 is 0 Å². The largest absolute Gasteiger partial charge is 0.396 e. The zero-order chi connectivity index (χ0) is 14.5. The van der Waals surface area contributed by atoms with Crippen LogP contribution in [0.25, 0.3) is 0 Å². The molecule has 0 aliphatic heterocycles. The van der Waals surface area contributed by atoms with Crippen molar-refractivity contribution < 1.29 is 9.50 Å². The lowest BCUT2D eigenvalue weighted by Gasteiger charge is -2.15. The topological polar surface area (TPSA) is 20.2 Å². The van der Waals surface area contributed by atoms with Crippen LogP contribution in [-0.2, 0) is 12.8 Å². The number of benzene rings is 2. The third-order valence-electron chi connectivity index (χ3n) is 3.22. The number of halogens is 3. The fraction of sp³-hybridized carbons (Fsp3) is 0.250. The van der Waals surface area contributed by atoms with Gasteiger partial charge in [-0.1, -0.05) is 45.7 Å². The first-order valence-corrected chi connectivity index (χ1v) is 7.55. The van der Waals surface area contributed by atoms with Crippen LogP contribution in [0, 0.1) is 11.7 Å². The van der Waals surface area contributed by atoms with E-state index in [0.717, 1.165) is 15.6 Å². The van der Waals surface area contributed by atoms with Crippen LogP contribution >= 0.6 is 27.5 Å². The molecular weight excluding hydrogens is 343 g/mol. The summed E-state index contributed by atoms with van der Waals surface area (Å²) in [7, 11) is 0. The molecule has 0 fully saturated rings. The first-order chi connectivity index (χ1) is 9.58. The van der Waals surface area contributed by atoms with Gasteiger partial charge < -0.3 is 5.11 Å². The van der Waals surface area contributed by atoms with E-state index in [1.807, 2.05) is 18.2 Å². The molecule has 1 nitrogen and oxygen atoms in total. The normalized spacial score (nSPS) is 12.4. The van der Waals surface area contributed by atoms with Gasteiger partial charge in [-0.2, -0.15) is 0 Å². The van der Waals surface area contributed by atoms with Crippen LogP contribution in [-0.4, -0.2) is 11.7 Å². The molecule has 4 heteroatoms. The lowest BCUT2D eigenvalue weighted by molar-refractivity contribution is 0.225. The molecule has 2 aromatic rings. The predicted molar refractivity (Wildman–Crippen MR) is 83.5 cm³/mol. The fourth-order valence-corrected chi connectivity index (χ4v) is 2.90. The maximum Gasteiger partial charge on any atom is 0.123 e. The summed E-state index contributed by atoms with van der Waals surface area (Å²) >= 11 is 9.56. The lowest BCUT2D eigenvalue weighted by atomic mass is 9.93. The Morgan fingerprint density at radius 3 is 2.40 bits per heavy atom. The minimum Gasteiger partial charge on any atom is -0.396 e. The second-order valence-electron chi connectivity index (χ2n) is 4.82. The predicted octanol–water partition coefficient (Wildman–Crippen LogP) is 4.64. The molecule has 0 aliphatic rings. The number of hydrogen-bond acceptors (Lipinski definition) is 1. The molecule has 0 saturated carbocycles. The minimum atomic E-state index is -0.245. The third kappa shape index (κ3) is 4.30. The zero-order valence-corrected chi connectivity index (χ0v) is 13.2. The average Bonchev–Trinajstić information content (AvgIpc) is 2.43. The van der Waals surface area contributed by atoms with Crippen molar-refractivity contribution in [3.63, 3.8) is 0 Å². The molecule has 0 aromatic heterocycles. The molecule has 1 atom stereocenters. The molecule has 106 valence electrons. The fourth-order valence-electron chi connectivity index (χ4n) is 2.15. The van der Waals surface area contributed by atoms with E-state index in [1.54, 1.807) is 12.1 Å². The molecule has 2 aromatic carbocycles. The summed E-state index contributed by atoms with van der Waals surface area (Å²) in [5.41, 5.74) is 2.02. The quantitative estimate of drug-likeness (QED) is 0.827. The molecule has 0 radical (unpaired) electrons. The van der Waals surface area contributed by atoms with Crippen LogP contribution in [0.5, 0.6) is 0 Å². The molecular formula is C16H15BrClFO. The van der Waals surface area contributed by atoms with Gasteiger partial charge in [0, 0.05) is 16.1 Å². The van der Waals surface area contributed by atoms with Gasteiger partial charge in [0.05, 0.1) is 0 Å². The molecule has 0 amide bonds. The van der Waals surface area contributed by atoms with Crippen molar-refractivity contribution in [2.45, 2.75) is 12.8 Å². The molecule has 0 heterocycles. The molecule has 0 bridgehead atoms. The van der Waals surface area contributed by atoms with Crippen LogP contribution in [0.4, 0.5) is 4.39 Å². The Hall–Kier alpha value is -0.900. The Morgan fingerprint density at radius 1 is 1.10 bits per heavy atom. The van der Waals surface area contributed by atoms with E-state index in [4.69, 9.17) is 11.6 Å². The van der Waals surface area contributed by atoms with Crippen molar-refractivity contribution in [1.82, 2.24) is 0 Å². The first kappa shape index (κ1) is 15.5. The van der Waals surface area contributed by atoms with Crippen molar-refractivity contribution in [1.29, 1.82) is 0 Å². The highest BCUT2D eigenvalue weighted by Gasteiger charge is 2.12.